The Bertz CT molecular complexity index is 1270. The summed E-state index contributed by atoms with van der Waals surface area (Å²) in [5, 5.41) is 7.18. The zero-order valence-corrected chi connectivity index (χ0v) is 20.5. The van der Waals surface area contributed by atoms with Crippen LogP contribution in [0, 0.1) is 0 Å². The average Bonchev–Trinajstić information content (AvgIpc) is 3.23. The highest BCUT2D eigenvalue weighted by Gasteiger charge is 2.06. The quantitative estimate of drug-likeness (QED) is 0.222. The van der Waals surface area contributed by atoms with E-state index < -0.39 is 0 Å². The molecule has 0 atom stereocenters. The Balaban J connectivity index is 0.00000231. The smallest absolute Gasteiger partial charge is 0.0384 e. The predicted molar refractivity (Wildman–Crippen MR) is 147 cm³/mol. The molecular formula is C28H24INS. The molecule has 3 heteroatoms. The summed E-state index contributed by atoms with van der Waals surface area (Å²) >= 11 is 1.84. The highest BCUT2D eigenvalue weighted by molar-refractivity contribution is 14.0. The fraction of sp³-hybridized carbons (Fsp3) is 0.0714. The first-order valence-corrected chi connectivity index (χ1v) is 11.2. The third-order valence-electron chi connectivity index (χ3n) is 5.53. The molecule has 1 aromatic heterocycles. The average molecular weight is 533 g/mol. The van der Waals surface area contributed by atoms with Gasteiger partial charge in [0.1, 0.15) is 0 Å². The molecule has 0 aliphatic carbocycles. The number of benzene rings is 4. The molecule has 1 nitrogen and oxygen atoms in total. The van der Waals surface area contributed by atoms with Gasteiger partial charge in [0, 0.05) is 16.1 Å². The summed E-state index contributed by atoms with van der Waals surface area (Å²) in [5.74, 6) is 0. The highest BCUT2D eigenvalue weighted by Crippen LogP contribution is 2.32. The van der Waals surface area contributed by atoms with Crippen LogP contribution in [-0.2, 0) is 6.42 Å². The van der Waals surface area contributed by atoms with Crippen LogP contribution in [0.1, 0.15) is 12.5 Å². The number of rotatable bonds is 5. The van der Waals surface area contributed by atoms with E-state index in [1.807, 2.05) is 17.4 Å². The molecule has 31 heavy (non-hydrogen) atoms. The van der Waals surface area contributed by atoms with Crippen molar-refractivity contribution in [1.82, 2.24) is 0 Å². The number of nitrogens with one attached hydrogen (secondary N) is 1. The molecule has 4 aromatic carbocycles. The van der Waals surface area contributed by atoms with Crippen LogP contribution in [0.3, 0.4) is 0 Å². The number of thiophene rings is 1. The van der Waals surface area contributed by atoms with Crippen LogP contribution in [0.4, 0.5) is 11.4 Å². The summed E-state index contributed by atoms with van der Waals surface area (Å²) in [4.78, 5) is 0. The molecule has 0 spiro atoms. The van der Waals surface area contributed by atoms with Gasteiger partial charge < -0.3 is 5.32 Å². The zero-order chi connectivity index (χ0) is 20.3. The Morgan fingerprint density at radius 3 is 1.81 bits per heavy atom. The van der Waals surface area contributed by atoms with Crippen molar-refractivity contribution in [3.63, 3.8) is 0 Å². The molecule has 0 bridgehead atoms. The molecule has 5 rings (SSSR count). The maximum Gasteiger partial charge on any atom is 0.0384 e. The second-order valence-electron chi connectivity index (χ2n) is 7.47. The van der Waals surface area contributed by atoms with Gasteiger partial charge >= 0.3 is 0 Å². The summed E-state index contributed by atoms with van der Waals surface area (Å²) in [5.41, 5.74) is 8.61. The number of halogens is 1. The third kappa shape index (κ3) is 4.68. The number of aryl methyl sites for hydroxylation is 1. The maximum atomic E-state index is 3.51. The Labute approximate surface area is 204 Å². The second kappa shape index (κ2) is 9.67. The molecule has 1 N–H and O–H groups in total. The van der Waals surface area contributed by atoms with E-state index in [0.29, 0.717) is 0 Å². The van der Waals surface area contributed by atoms with Crippen LogP contribution in [0.2, 0.25) is 0 Å². The van der Waals surface area contributed by atoms with E-state index in [-0.39, 0.29) is 24.0 Å². The molecule has 0 amide bonds. The van der Waals surface area contributed by atoms with Crippen molar-refractivity contribution < 1.29 is 0 Å². The van der Waals surface area contributed by atoms with E-state index in [9.17, 15) is 0 Å². The van der Waals surface area contributed by atoms with E-state index in [1.54, 1.807) is 0 Å². The first-order valence-electron chi connectivity index (χ1n) is 10.3. The van der Waals surface area contributed by atoms with Gasteiger partial charge in [-0.05, 0) is 81.4 Å². The van der Waals surface area contributed by atoms with Crippen molar-refractivity contribution in [3.05, 3.63) is 108 Å². The van der Waals surface area contributed by atoms with Gasteiger partial charge in [0.2, 0.25) is 0 Å². The van der Waals surface area contributed by atoms with E-state index in [1.165, 1.54) is 37.9 Å². The molecule has 0 radical (unpaired) electrons. The number of anilines is 2. The fourth-order valence-corrected chi connectivity index (χ4v) is 4.85. The molecule has 0 saturated carbocycles. The van der Waals surface area contributed by atoms with Gasteiger partial charge in [0.05, 0.1) is 0 Å². The molecule has 0 unspecified atom stereocenters. The minimum Gasteiger partial charge on any atom is -0.356 e. The van der Waals surface area contributed by atoms with E-state index in [4.69, 9.17) is 0 Å². The fourth-order valence-electron chi connectivity index (χ4n) is 3.82. The van der Waals surface area contributed by atoms with Crippen LogP contribution >= 0.6 is 35.3 Å². The maximum absolute atomic E-state index is 3.51. The molecule has 0 aliphatic heterocycles. The van der Waals surface area contributed by atoms with Crippen molar-refractivity contribution >= 4 is 56.8 Å². The Morgan fingerprint density at radius 1 is 0.645 bits per heavy atom. The van der Waals surface area contributed by atoms with Gasteiger partial charge in [0.15, 0.2) is 0 Å². The van der Waals surface area contributed by atoms with Gasteiger partial charge in [-0.25, -0.2) is 0 Å². The lowest BCUT2D eigenvalue weighted by Gasteiger charge is -2.09. The first-order chi connectivity index (χ1) is 14.8. The number of hydrogen-bond donors (Lipinski definition) is 1. The van der Waals surface area contributed by atoms with Gasteiger partial charge in [-0.2, -0.15) is 0 Å². The first kappa shape index (κ1) is 21.6. The van der Waals surface area contributed by atoms with Gasteiger partial charge in [-0.1, -0.05) is 67.6 Å². The molecule has 0 fully saturated rings. The van der Waals surface area contributed by atoms with Gasteiger partial charge in [-0.15, -0.1) is 35.3 Å². The van der Waals surface area contributed by atoms with Crippen LogP contribution < -0.4 is 5.32 Å². The number of fused-ring (bicyclic) bond motifs is 1. The lowest BCUT2D eigenvalue weighted by Crippen LogP contribution is -1.90. The standard InChI is InChI=1S/C28H23NS.HI/c1-2-20-19-30-28-17-12-24(18-27(20)28)23-10-15-26(16-11-23)29-25-13-8-22(9-14-25)21-6-4-3-5-7-21;/h3-19,29H,2H2,1H3;1H. The molecule has 0 aliphatic rings. The Morgan fingerprint density at radius 2 is 1.19 bits per heavy atom. The van der Waals surface area contributed by atoms with Crippen LogP contribution in [-0.4, -0.2) is 0 Å². The minimum atomic E-state index is 0. The van der Waals surface area contributed by atoms with Crippen molar-refractivity contribution in [2.75, 3.05) is 5.32 Å². The molecule has 0 saturated heterocycles. The molecule has 154 valence electrons. The summed E-state index contributed by atoms with van der Waals surface area (Å²) in [7, 11) is 0. The lowest BCUT2D eigenvalue weighted by molar-refractivity contribution is 1.17. The zero-order valence-electron chi connectivity index (χ0n) is 17.3. The van der Waals surface area contributed by atoms with Gasteiger partial charge in [0.25, 0.3) is 0 Å². The van der Waals surface area contributed by atoms with E-state index in [0.717, 1.165) is 17.8 Å². The topological polar surface area (TPSA) is 12.0 Å². The Kier molecular flexibility index (Phi) is 6.73. The monoisotopic (exact) mass is 533 g/mol. The van der Waals surface area contributed by atoms with E-state index >= 15 is 0 Å². The lowest BCUT2D eigenvalue weighted by atomic mass is 10.0. The highest BCUT2D eigenvalue weighted by atomic mass is 127. The minimum absolute atomic E-state index is 0. The summed E-state index contributed by atoms with van der Waals surface area (Å²) < 4.78 is 1.37. The summed E-state index contributed by atoms with van der Waals surface area (Å²) in [6.07, 6.45) is 1.08. The number of hydrogen-bond acceptors (Lipinski definition) is 2. The molecular weight excluding hydrogens is 509 g/mol. The molecule has 1 heterocycles. The SMILES string of the molecule is CCc1csc2ccc(-c3ccc(Nc4ccc(-c5ccccc5)cc4)cc3)cc12.I. The van der Waals surface area contributed by atoms with E-state index in [2.05, 4.69) is 109 Å². The largest absolute Gasteiger partial charge is 0.356 e. The molecule has 5 aromatic rings. The third-order valence-corrected chi connectivity index (χ3v) is 6.55. The Hall–Kier alpha value is -2.63. The van der Waals surface area contributed by atoms with Crippen LogP contribution in [0.15, 0.2) is 102 Å². The van der Waals surface area contributed by atoms with Crippen molar-refractivity contribution in [2.45, 2.75) is 13.3 Å². The summed E-state index contributed by atoms with van der Waals surface area (Å²) in [6, 6.07) is 34.5. The van der Waals surface area contributed by atoms with Crippen molar-refractivity contribution in [3.8, 4) is 22.3 Å². The van der Waals surface area contributed by atoms with Crippen molar-refractivity contribution in [1.29, 1.82) is 0 Å². The normalized spacial score (nSPS) is 10.6. The summed E-state index contributed by atoms with van der Waals surface area (Å²) in [6.45, 7) is 2.22. The predicted octanol–water partition coefficient (Wildman–Crippen LogP) is 9.16. The van der Waals surface area contributed by atoms with Crippen molar-refractivity contribution in [2.24, 2.45) is 0 Å². The van der Waals surface area contributed by atoms with Gasteiger partial charge in [-0.3, -0.25) is 0 Å². The van der Waals surface area contributed by atoms with Crippen LogP contribution in [0.5, 0.6) is 0 Å². The second-order valence-corrected chi connectivity index (χ2v) is 8.38. The van der Waals surface area contributed by atoms with Crippen LogP contribution in [0.25, 0.3) is 32.3 Å².